The molecule has 0 spiro atoms. The van der Waals surface area contributed by atoms with Gasteiger partial charge in [-0.1, -0.05) is 23.7 Å². The highest BCUT2D eigenvalue weighted by Gasteiger charge is 1.92. The first kappa shape index (κ1) is 12.1. The van der Waals surface area contributed by atoms with E-state index in [-0.39, 0.29) is 0 Å². The molecule has 0 saturated carbocycles. The molecule has 0 radical (unpaired) electrons. The molecule has 0 heterocycles. The predicted octanol–water partition coefficient (Wildman–Crippen LogP) is 2.89. The summed E-state index contributed by atoms with van der Waals surface area (Å²) in [5, 5.41) is 4.14. The van der Waals surface area contributed by atoms with Gasteiger partial charge in [0.05, 0.1) is 0 Å². The van der Waals surface area contributed by atoms with E-state index in [1.807, 2.05) is 19.1 Å². The SMILES string of the molecule is CC#CCCNCCc1ccc(Cl)cc1. The van der Waals surface area contributed by atoms with Crippen molar-refractivity contribution in [3.8, 4) is 11.8 Å². The van der Waals surface area contributed by atoms with Crippen LogP contribution in [0.15, 0.2) is 24.3 Å². The lowest BCUT2D eigenvalue weighted by Crippen LogP contribution is -2.18. The van der Waals surface area contributed by atoms with Gasteiger partial charge in [-0.05, 0) is 37.6 Å². The lowest BCUT2D eigenvalue weighted by atomic mass is 10.1. The predicted molar refractivity (Wildman–Crippen MR) is 66.1 cm³/mol. The van der Waals surface area contributed by atoms with E-state index in [0.717, 1.165) is 31.0 Å². The fraction of sp³-hybridized carbons (Fsp3) is 0.385. The van der Waals surface area contributed by atoms with Crippen molar-refractivity contribution in [3.05, 3.63) is 34.9 Å². The monoisotopic (exact) mass is 221 g/mol. The van der Waals surface area contributed by atoms with Crippen LogP contribution in [0.5, 0.6) is 0 Å². The van der Waals surface area contributed by atoms with E-state index in [0.29, 0.717) is 0 Å². The minimum Gasteiger partial charge on any atom is -0.315 e. The van der Waals surface area contributed by atoms with Crippen LogP contribution in [0, 0.1) is 11.8 Å². The Bertz CT molecular complexity index is 332. The average molecular weight is 222 g/mol. The van der Waals surface area contributed by atoms with Crippen LogP contribution in [0.1, 0.15) is 18.9 Å². The first-order valence-electron chi connectivity index (χ1n) is 5.17. The van der Waals surface area contributed by atoms with Gasteiger partial charge >= 0.3 is 0 Å². The molecular weight excluding hydrogens is 206 g/mol. The maximum Gasteiger partial charge on any atom is 0.0406 e. The Morgan fingerprint density at radius 1 is 1.20 bits per heavy atom. The molecule has 1 N–H and O–H groups in total. The van der Waals surface area contributed by atoms with Crippen LogP contribution in [-0.4, -0.2) is 13.1 Å². The molecule has 0 amide bonds. The first-order valence-corrected chi connectivity index (χ1v) is 5.55. The Kier molecular flexibility index (Phi) is 5.92. The molecule has 0 atom stereocenters. The van der Waals surface area contributed by atoms with E-state index in [4.69, 9.17) is 11.6 Å². The van der Waals surface area contributed by atoms with Gasteiger partial charge in [0.1, 0.15) is 0 Å². The molecule has 0 fully saturated rings. The van der Waals surface area contributed by atoms with Crippen molar-refractivity contribution in [2.75, 3.05) is 13.1 Å². The second-order valence-electron chi connectivity index (χ2n) is 3.30. The van der Waals surface area contributed by atoms with Crippen molar-refractivity contribution in [2.45, 2.75) is 19.8 Å². The highest BCUT2D eigenvalue weighted by molar-refractivity contribution is 6.30. The summed E-state index contributed by atoms with van der Waals surface area (Å²) in [5.41, 5.74) is 1.31. The summed E-state index contributed by atoms with van der Waals surface area (Å²) in [4.78, 5) is 0. The molecule has 1 rings (SSSR count). The molecule has 15 heavy (non-hydrogen) atoms. The van der Waals surface area contributed by atoms with Crippen molar-refractivity contribution in [1.29, 1.82) is 0 Å². The standard InChI is InChI=1S/C13H16ClN/c1-2-3-4-10-15-11-9-12-5-7-13(14)8-6-12/h5-8,15H,4,9-11H2,1H3. The topological polar surface area (TPSA) is 12.0 Å². The van der Waals surface area contributed by atoms with Crippen LogP contribution in [0.2, 0.25) is 5.02 Å². The number of hydrogen-bond donors (Lipinski definition) is 1. The molecule has 1 aromatic rings. The molecule has 2 heteroatoms. The van der Waals surface area contributed by atoms with E-state index in [2.05, 4.69) is 29.3 Å². The number of rotatable bonds is 5. The third kappa shape index (κ3) is 5.47. The molecular formula is C13H16ClN. The Balaban J connectivity index is 2.14. The van der Waals surface area contributed by atoms with E-state index >= 15 is 0 Å². The van der Waals surface area contributed by atoms with Gasteiger partial charge in [0, 0.05) is 18.0 Å². The molecule has 0 unspecified atom stereocenters. The summed E-state index contributed by atoms with van der Waals surface area (Å²) in [6, 6.07) is 7.99. The molecule has 0 saturated heterocycles. The largest absolute Gasteiger partial charge is 0.315 e. The molecule has 0 aromatic heterocycles. The van der Waals surface area contributed by atoms with Crippen molar-refractivity contribution < 1.29 is 0 Å². The average Bonchev–Trinajstić information content (AvgIpc) is 2.26. The number of nitrogens with one attached hydrogen (secondary N) is 1. The zero-order valence-electron chi connectivity index (χ0n) is 9.02. The Hall–Kier alpha value is -0.970. The summed E-state index contributed by atoms with van der Waals surface area (Å²) >= 11 is 5.80. The lowest BCUT2D eigenvalue weighted by molar-refractivity contribution is 0.694. The fourth-order valence-electron chi connectivity index (χ4n) is 1.28. The van der Waals surface area contributed by atoms with E-state index in [9.17, 15) is 0 Å². The first-order chi connectivity index (χ1) is 7.33. The third-order valence-corrected chi connectivity index (χ3v) is 2.36. The maximum absolute atomic E-state index is 5.80. The minimum absolute atomic E-state index is 0.796. The summed E-state index contributed by atoms with van der Waals surface area (Å²) < 4.78 is 0. The molecule has 0 bridgehead atoms. The Labute approximate surface area is 96.8 Å². The Morgan fingerprint density at radius 2 is 1.93 bits per heavy atom. The summed E-state index contributed by atoms with van der Waals surface area (Å²) in [7, 11) is 0. The fourth-order valence-corrected chi connectivity index (χ4v) is 1.41. The maximum atomic E-state index is 5.80. The molecule has 80 valence electrons. The zero-order valence-corrected chi connectivity index (χ0v) is 9.77. The lowest BCUT2D eigenvalue weighted by Gasteiger charge is -2.02. The van der Waals surface area contributed by atoms with Gasteiger partial charge in [-0.3, -0.25) is 0 Å². The van der Waals surface area contributed by atoms with Crippen LogP contribution >= 0.6 is 11.6 Å². The van der Waals surface area contributed by atoms with Crippen LogP contribution in [-0.2, 0) is 6.42 Å². The second-order valence-corrected chi connectivity index (χ2v) is 3.74. The molecule has 0 aliphatic rings. The number of benzene rings is 1. The summed E-state index contributed by atoms with van der Waals surface area (Å²) in [5.74, 6) is 5.90. The van der Waals surface area contributed by atoms with Gasteiger partial charge < -0.3 is 5.32 Å². The van der Waals surface area contributed by atoms with Gasteiger partial charge in [0.15, 0.2) is 0 Å². The Morgan fingerprint density at radius 3 is 2.60 bits per heavy atom. The molecule has 1 nitrogen and oxygen atoms in total. The second kappa shape index (κ2) is 7.34. The summed E-state index contributed by atoms with van der Waals surface area (Å²) in [6.45, 7) is 3.83. The van der Waals surface area contributed by atoms with Gasteiger partial charge in [-0.2, -0.15) is 0 Å². The molecule has 0 aliphatic carbocycles. The van der Waals surface area contributed by atoms with E-state index < -0.39 is 0 Å². The van der Waals surface area contributed by atoms with Gasteiger partial charge in [-0.15, -0.1) is 11.8 Å². The van der Waals surface area contributed by atoms with E-state index in [1.54, 1.807) is 0 Å². The van der Waals surface area contributed by atoms with Gasteiger partial charge in [0.25, 0.3) is 0 Å². The highest BCUT2D eigenvalue weighted by atomic mass is 35.5. The van der Waals surface area contributed by atoms with Crippen molar-refractivity contribution in [2.24, 2.45) is 0 Å². The van der Waals surface area contributed by atoms with Crippen LogP contribution in [0.25, 0.3) is 0 Å². The van der Waals surface area contributed by atoms with Crippen molar-refractivity contribution in [1.82, 2.24) is 5.32 Å². The van der Waals surface area contributed by atoms with Gasteiger partial charge in [-0.25, -0.2) is 0 Å². The van der Waals surface area contributed by atoms with Crippen LogP contribution in [0.3, 0.4) is 0 Å². The van der Waals surface area contributed by atoms with Gasteiger partial charge in [0.2, 0.25) is 0 Å². The third-order valence-electron chi connectivity index (χ3n) is 2.11. The van der Waals surface area contributed by atoms with Crippen molar-refractivity contribution in [3.63, 3.8) is 0 Å². The smallest absolute Gasteiger partial charge is 0.0406 e. The van der Waals surface area contributed by atoms with Crippen molar-refractivity contribution >= 4 is 11.6 Å². The number of halogens is 1. The highest BCUT2D eigenvalue weighted by Crippen LogP contribution is 2.09. The zero-order chi connectivity index (χ0) is 10.9. The summed E-state index contributed by atoms with van der Waals surface area (Å²) in [6.07, 6.45) is 1.97. The number of hydrogen-bond acceptors (Lipinski definition) is 1. The quantitative estimate of drug-likeness (QED) is 0.596. The minimum atomic E-state index is 0.796. The van der Waals surface area contributed by atoms with Crippen LogP contribution in [0.4, 0.5) is 0 Å². The van der Waals surface area contributed by atoms with E-state index in [1.165, 1.54) is 5.56 Å². The normalized spacial score (nSPS) is 9.47. The van der Waals surface area contributed by atoms with Crippen LogP contribution < -0.4 is 5.32 Å². The molecule has 1 aromatic carbocycles. The molecule has 0 aliphatic heterocycles.